The van der Waals surface area contributed by atoms with Gasteiger partial charge in [0, 0.05) is 12.3 Å². The number of hydrogen-bond donors (Lipinski definition) is 1. The summed E-state index contributed by atoms with van der Waals surface area (Å²) in [6, 6.07) is 7.59. The highest BCUT2D eigenvalue weighted by atomic mass is 32.2. The Morgan fingerprint density at radius 3 is 2.33 bits per heavy atom. The molecule has 1 aromatic carbocycles. The lowest BCUT2D eigenvalue weighted by Crippen LogP contribution is -2.28. The first-order valence-corrected chi connectivity index (χ1v) is 9.35. The molecule has 0 saturated heterocycles. The van der Waals surface area contributed by atoms with Crippen molar-refractivity contribution < 1.29 is 17.6 Å². The minimum Gasteiger partial charge on any atom is -0.423 e. The Labute approximate surface area is 141 Å². The van der Waals surface area contributed by atoms with Crippen LogP contribution in [0.15, 0.2) is 39.6 Å². The third kappa shape index (κ3) is 4.64. The molecule has 8 heteroatoms. The van der Waals surface area contributed by atoms with Gasteiger partial charge in [0.1, 0.15) is 6.04 Å². The SMILES string of the molecule is CC(C)c1nnc(C(C)NC(=O)CCS(=O)(=O)c2ccccc2)o1. The van der Waals surface area contributed by atoms with Gasteiger partial charge in [-0.25, -0.2) is 8.42 Å². The molecule has 130 valence electrons. The van der Waals surface area contributed by atoms with E-state index < -0.39 is 15.9 Å². The number of aromatic nitrogens is 2. The Hall–Kier alpha value is -2.22. The molecule has 0 saturated carbocycles. The maximum absolute atomic E-state index is 12.1. The van der Waals surface area contributed by atoms with Crippen LogP contribution in [0.3, 0.4) is 0 Å². The van der Waals surface area contributed by atoms with Crippen molar-refractivity contribution in [3.05, 3.63) is 42.1 Å². The summed E-state index contributed by atoms with van der Waals surface area (Å²) in [7, 11) is -3.48. The smallest absolute Gasteiger partial charge is 0.238 e. The van der Waals surface area contributed by atoms with Crippen molar-refractivity contribution in [1.29, 1.82) is 0 Å². The zero-order valence-corrected chi connectivity index (χ0v) is 14.7. The lowest BCUT2D eigenvalue weighted by Gasteiger charge is -2.10. The van der Waals surface area contributed by atoms with E-state index in [0.29, 0.717) is 11.8 Å². The predicted molar refractivity (Wildman–Crippen MR) is 88.1 cm³/mol. The van der Waals surface area contributed by atoms with Crippen molar-refractivity contribution in [1.82, 2.24) is 15.5 Å². The van der Waals surface area contributed by atoms with Gasteiger partial charge in [-0.05, 0) is 19.1 Å². The first-order chi connectivity index (χ1) is 11.3. The van der Waals surface area contributed by atoms with Gasteiger partial charge in [-0.2, -0.15) is 0 Å². The second-order valence-electron chi connectivity index (χ2n) is 5.80. The van der Waals surface area contributed by atoms with Crippen LogP contribution in [0.5, 0.6) is 0 Å². The summed E-state index contributed by atoms with van der Waals surface area (Å²) in [5.41, 5.74) is 0. The molecule has 24 heavy (non-hydrogen) atoms. The van der Waals surface area contributed by atoms with Gasteiger partial charge in [0.15, 0.2) is 9.84 Å². The van der Waals surface area contributed by atoms with Crippen molar-refractivity contribution in [3.8, 4) is 0 Å². The number of benzene rings is 1. The molecule has 0 radical (unpaired) electrons. The van der Waals surface area contributed by atoms with Crippen LogP contribution in [0.4, 0.5) is 0 Å². The monoisotopic (exact) mass is 351 g/mol. The van der Waals surface area contributed by atoms with Crippen LogP contribution < -0.4 is 5.32 Å². The van der Waals surface area contributed by atoms with Crippen LogP contribution in [0, 0.1) is 0 Å². The quantitative estimate of drug-likeness (QED) is 0.821. The molecule has 0 aliphatic rings. The van der Waals surface area contributed by atoms with Crippen molar-refractivity contribution in [3.63, 3.8) is 0 Å². The Kier molecular flexibility index (Phi) is 5.71. The first kappa shape index (κ1) is 18.1. The van der Waals surface area contributed by atoms with E-state index >= 15 is 0 Å². The molecule has 1 amide bonds. The normalized spacial score (nSPS) is 13.0. The summed E-state index contributed by atoms with van der Waals surface area (Å²) in [5, 5.41) is 10.5. The number of nitrogens with one attached hydrogen (secondary N) is 1. The molecule has 0 aliphatic heterocycles. The summed E-state index contributed by atoms with van der Waals surface area (Å²) in [6.07, 6.45) is -0.132. The molecule has 1 atom stereocenters. The molecule has 7 nitrogen and oxygen atoms in total. The summed E-state index contributed by atoms with van der Waals surface area (Å²) >= 11 is 0. The number of hydrogen-bond acceptors (Lipinski definition) is 6. The van der Waals surface area contributed by atoms with Gasteiger partial charge in [-0.1, -0.05) is 32.0 Å². The highest BCUT2D eigenvalue weighted by Gasteiger charge is 2.20. The van der Waals surface area contributed by atoms with E-state index in [2.05, 4.69) is 15.5 Å². The zero-order valence-electron chi connectivity index (χ0n) is 13.9. The molecule has 2 aromatic rings. The second kappa shape index (κ2) is 7.57. The minimum absolute atomic E-state index is 0.102. The average Bonchev–Trinajstić information content (AvgIpc) is 3.04. The summed E-state index contributed by atoms with van der Waals surface area (Å²) in [5.74, 6) is 0.267. The fourth-order valence-corrected chi connectivity index (χ4v) is 3.26. The van der Waals surface area contributed by atoms with Gasteiger partial charge in [-0.15, -0.1) is 10.2 Å². The van der Waals surface area contributed by atoms with E-state index in [1.165, 1.54) is 12.1 Å². The van der Waals surface area contributed by atoms with Crippen LogP contribution in [0.2, 0.25) is 0 Å². The standard InChI is InChI=1S/C16H21N3O4S/c1-11(2)15-18-19-16(23-15)12(3)17-14(20)9-10-24(21,22)13-7-5-4-6-8-13/h4-8,11-12H,9-10H2,1-3H3,(H,17,20). The van der Waals surface area contributed by atoms with Crippen molar-refractivity contribution in [2.24, 2.45) is 0 Å². The fraction of sp³-hybridized carbons (Fsp3) is 0.438. The molecular weight excluding hydrogens is 330 g/mol. The van der Waals surface area contributed by atoms with Crippen molar-refractivity contribution in [2.45, 2.75) is 44.0 Å². The van der Waals surface area contributed by atoms with Gasteiger partial charge < -0.3 is 9.73 Å². The number of rotatable bonds is 7. The maximum atomic E-state index is 12.1. The fourth-order valence-electron chi connectivity index (χ4n) is 2.00. The van der Waals surface area contributed by atoms with E-state index in [1.54, 1.807) is 25.1 Å². The topological polar surface area (TPSA) is 102 Å². The predicted octanol–water partition coefficient (Wildman–Crippen LogP) is 2.23. The number of carbonyl (C=O) groups excluding carboxylic acids is 1. The molecule has 1 N–H and O–H groups in total. The number of amides is 1. The molecule has 0 spiro atoms. The molecule has 1 heterocycles. The summed E-state index contributed by atoms with van der Waals surface area (Å²) < 4.78 is 29.8. The summed E-state index contributed by atoms with van der Waals surface area (Å²) in [4.78, 5) is 12.2. The average molecular weight is 351 g/mol. The van der Waals surface area contributed by atoms with E-state index in [9.17, 15) is 13.2 Å². The Morgan fingerprint density at radius 1 is 1.12 bits per heavy atom. The van der Waals surface area contributed by atoms with Crippen molar-refractivity contribution >= 4 is 15.7 Å². The molecule has 0 aliphatic carbocycles. The van der Waals surface area contributed by atoms with E-state index in [1.807, 2.05) is 13.8 Å². The van der Waals surface area contributed by atoms with Gasteiger partial charge in [0.2, 0.25) is 17.7 Å². The minimum atomic E-state index is -3.48. The largest absolute Gasteiger partial charge is 0.423 e. The van der Waals surface area contributed by atoms with Gasteiger partial charge in [0.05, 0.1) is 10.6 Å². The third-order valence-corrected chi connectivity index (χ3v) is 5.13. The highest BCUT2D eigenvalue weighted by molar-refractivity contribution is 7.91. The van der Waals surface area contributed by atoms with Gasteiger partial charge in [0.25, 0.3) is 0 Å². The number of nitrogens with zero attached hydrogens (tertiary/aromatic N) is 2. The van der Waals surface area contributed by atoms with Gasteiger partial charge >= 0.3 is 0 Å². The molecule has 2 rings (SSSR count). The Morgan fingerprint density at radius 2 is 1.75 bits per heavy atom. The molecule has 1 aromatic heterocycles. The van der Waals surface area contributed by atoms with Crippen LogP contribution in [0.25, 0.3) is 0 Å². The van der Waals surface area contributed by atoms with Crippen LogP contribution in [-0.2, 0) is 14.6 Å². The zero-order chi connectivity index (χ0) is 17.7. The maximum Gasteiger partial charge on any atom is 0.238 e. The molecule has 0 fully saturated rings. The summed E-state index contributed by atoms with van der Waals surface area (Å²) in [6.45, 7) is 5.56. The van der Waals surface area contributed by atoms with E-state index in [4.69, 9.17) is 4.42 Å². The Bertz CT molecular complexity index is 785. The van der Waals surface area contributed by atoms with Crippen LogP contribution in [-0.4, -0.2) is 30.3 Å². The highest BCUT2D eigenvalue weighted by Crippen LogP contribution is 2.17. The number of sulfone groups is 1. The molecule has 0 bridgehead atoms. The van der Waals surface area contributed by atoms with E-state index in [0.717, 1.165) is 0 Å². The first-order valence-electron chi connectivity index (χ1n) is 7.70. The molecule has 1 unspecified atom stereocenters. The second-order valence-corrected chi connectivity index (χ2v) is 7.91. The van der Waals surface area contributed by atoms with Crippen LogP contribution >= 0.6 is 0 Å². The van der Waals surface area contributed by atoms with Gasteiger partial charge in [-0.3, -0.25) is 4.79 Å². The lowest BCUT2D eigenvalue weighted by atomic mass is 10.2. The number of carbonyl (C=O) groups is 1. The third-order valence-electron chi connectivity index (χ3n) is 3.40. The van der Waals surface area contributed by atoms with E-state index in [-0.39, 0.29) is 28.9 Å². The lowest BCUT2D eigenvalue weighted by molar-refractivity contribution is -0.121. The molecular formula is C16H21N3O4S. The Balaban J connectivity index is 1.91. The van der Waals surface area contributed by atoms with Crippen LogP contribution in [0.1, 0.15) is 50.9 Å². The van der Waals surface area contributed by atoms with Crippen molar-refractivity contribution in [2.75, 3.05) is 5.75 Å².